The van der Waals surface area contributed by atoms with Crippen LogP contribution in [0, 0.1) is 5.82 Å². The summed E-state index contributed by atoms with van der Waals surface area (Å²) in [6.07, 6.45) is -2.96. The summed E-state index contributed by atoms with van der Waals surface area (Å²) >= 11 is 0. The molecule has 138 valence electrons. The third-order valence-corrected chi connectivity index (χ3v) is 3.23. The van der Waals surface area contributed by atoms with E-state index in [9.17, 15) is 22.7 Å². The SMILES string of the molecule is CN(c1cn(-c2cncc(F)c2)nc1C(F)(F)F)C(O)NC(C)(C)C. The number of hydrogen-bond donors (Lipinski definition) is 2. The van der Waals surface area contributed by atoms with Gasteiger partial charge in [-0.1, -0.05) is 0 Å². The third kappa shape index (κ3) is 4.67. The number of anilines is 1. The van der Waals surface area contributed by atoms with E-state index >= 15 is 0 Å². The Balaban J connectivity index is 2.46. The Morgan fingerprint density at radius 1 is 1.24 bits per heavy atom. The molecule has 2 heterocycles. The van der Waals surface area contributed by atoms with Crippen LogP contribution in [-0.2, 0) is 6.18 Å². The minimum Gasteiger partial charge on any atom is -0.361 e. The topological polar surface area (TPSA) is 66.2 Å². The average Bonchev–Trinajstić information content (AvgIpc) is 2.89. The summed E-state index contributed by atoms with van der Waals surface area (Å²) in [6, 6.07) is 1.01. The van der Waals surface area contributed by atoms with Gasteiger partial charge in [-0.2, -0.15) is 18.3 Å². The molecule has 0 saturated heterocycles. The number of aliphatic hydroxyl groups is 1. The predicted octanol–water partition coefficient (Wildman–Crippen LogP) is 2.53. The lowest BCUT2D eigenvalue weighted by atomic mass is 10.1. The van der Waals surface area contributed by atoms with Gasteiger partial charge in [0.05, 0.1) is 30.0 Å². The van der Waals surface area contributed by atoms with Crippen LogP contribution in [0.3, 0.4) is 0 Å². The fourth-order valence-corrected chi connectivity index (χ4v) is 2.10. The van der Waals surface area contributed by atoms with Crippen molar-refractivity contribution in [2.75, 3.05) is 11.9 Å². The molecule has 0 bridgehead atoms. The average molecular weight is 361 g/mol. The van der Waals surface area contributed by atoms with E-state index in [0.717, 1.165) is 28.0 Å². The quantitative estimate of drug-likeness (QED) is 0.647. The molecule has 10 heteroatoms. The normalized spacial score (nSPS) is 13.8. The van der Waals surface area contributed by atoms with Crippen molar-refractivity contribution in [3.8, 4) is 5.69 Å². The lowest BCUT2D eigenvalue weighted by molar-refractivity contribution is -0.141. The van der Waals surface area contributed by atoms with Crippen LogP contribution in [-0.4, -0.2) is 38.8 Å². The number of hydrogen-bond acceptors (Lipinski definition) is 5. The minimum atomic E-state index is -4.75. The molecule has 0 spiro atoms. The summed E-state index contributed by atoms with van der Waals surface area (Å²) in [4.78, 5) is 4.60. The molecule has 6 nitrogen and oxygen atoms in total. The van der Waals surface area contributed by atoms with E-state index in [4.69, 9.17) is 0 Å². The Morgan fingerprint density at radius 3 is 2.40 bits per heavy atom. The highest BCUT2D eigenvalue weighted by Crippen LogP contribution is 2.36. The Hall–Kier alpha value is -2.20. The number of halogens is 4. The number of nitrogens with zero attached hydrogens (tertiary/aromatic N) is 4. The summed E-state index contributed by atoms with van der Waals surface area (Å²) in [5.74, 6) is -0.703. The first-order valence-corrected chi connectivity index (χ1v) is 7.35. The number of alkyl halides is 3. The van der Waals surface area contributed by atoms with Crippen molar-refractivity contribution in [3.63, 3.8) is 0 Å². The minimum absolute atomic E-state index is 0.0309. The number of pyridine rings is 1. The fourth-order valence-electron chi connectivity index (χ4n) is 2.10. The van der Waals surface area contributed by atoms with E-state index in [1.54, 1.807) is 20.8 Å². The van der Waals surface area contributed by atoms with Crippen LogP contribution in [0.5, 0.6) is 0 Å². The molecule has 0 fully saturated rings. The standard InChI is InChI=1S/C15H19F4N5O/c1-14(2,3)21-13(25)23(4)11-8-24(22-12(11)15(17,18)19)10-5-9(16)6-20-7-10/h5-8,13,21,25H,1-4H3. The second kappa shape index (κ2) is 6.60. The molecule has 0 aliphatic carbocycles. The van der Waals surface area contributed by atoms with Crippen molar-refractivity contribution in [3.05, 3.63) is 36.2 Å². The van der Waals surface area contributed by atoms with E-state index in [1.807, 2.05) is 0 Å². The largest absolute Gasteiger partial charge is 0.437 e. The second-order valence-corrected chi connectivity index (χ2v) is 6.55. The van der Waals surface area contributed by atoms with Crippen molar-refractivity contribution in [2.45, 2.75) is 38.8 Å². The van der Waals surface area contributed by atoms with Crippen LogP contribution >= 0.6 is 0 Å². The smallest absolute Gasteiger partial charge is 0.361 e. The van der Waals surface area contributed by atoms with E-state index in [1.165, 1.54) is 13.2 Å². The molecule has 0 radical (unpaired) electrons. The predicted molar refractivity (Wildman–Crippen MR) is 83.6 cm³/mol. The molecule has 2 rings (SSSR count). The van der Waals surface area contributed by atoms with Crippen LogP contribution < -0.4 is 10.2 Å². The summed E-state index contributed by atoms with van der Waals surface area (Å²) in [5.41, 5.74) is -2.06. The van der Waals surface area contributed by atoms with Crippen LogP contribution in [0.2, 0.25) is 0 Å². The number of aliphatic hydroxyl groups excluding tert-OH is 1. The maximum absolute atomic E-state index is 13.3. The number of aromatic nitrogens is 3. The maximum atomic E-state index is 13.3. The first kappa shape index (κ1) is 19.1. The molecule has 0 saturated carbocycles. The molecule has 0 aromatic carbocycles. The van der Waals surface area contributed by atoms with Gasteiger partial charge in [-0.3, -0.25) is 10.3 Å². The molecule has 0 aliphatic rings. The van der Waals surface area contributed by atoms with Gasteiger partial charge in [0, 0.05) is 18.7 Å². The van der Waals surface area contributed by atoms with Gasteiger partial charge >= 0.3 is 6.18 Å². The van der Waals surface area contributed by atoms with E-state index in [-0.39, 0.29) is 11.4 Å². The van der Waals surface area contributed by atoms with Crippen molar-refractivity contribution in [1.82, 2.24) is 20.1 Å². The first-order chi connectivity index (χ1) is 11.4. The summed E-state index contributed by atoms with van der Waals surface area (Å²) in [5, 5.41) is 16.4. The zero-order valence-corrected chi connectivity index (χ0v) is 14.1. The summed E-state index contributed by atoms with van der Waals surface area (Å²) < 4.78 is 54.1. The second-order valence-electron chi connectivity index (χ2n) is 6.55. The molecule has 2 aromatic rings. The van der Waals surface area contributed by atoms with Crippen molar-refractivity contribution >= 4 is 5.69 Å². The van der Waals surface area contributed by atoms with Gasteiger partial charge in [-0.15, -0.1) is 0 Å². The lowest BCUT2D eigenvalue weighted by Crippen LogP contribution is -2.52. The first-order valence-electron chi connectivity index (χ1n) is 7.35. The van der Waals surface area contributed by atoms with Crippen LogP contribution in [0.25, 0.3) is 5.69 Å². The summed E-state index contributed by atoms with van der Waals surface area (Å²) in [7, 11) is 1.30. The van der Waals surface area contributed by atoms with Gasteiger partial charge in [0.1, 0.15) is 5.82 Å². The van der Waals surface area contributed by atoms with Gasteiger partial charge < -0.3 is 10.0 Å². The molecular formula is C15H19F4N5O. The Kier molecular flexibility index (Phi) is 5.05. The van der Waals surface area contributed by atoms with Gasteiger partial charge in [0.15, 0.2) is 12.0 Å². The Morgan fingerprint density at radius 2 is 1.88 bits per heavy atom. The molecule has 0 amide bonds. The molecule has 25 heavy (non-hydrogen) atoms. The monoisotopic (exact) mass is 361 g/mol. The van der Waals surface area contributed by atoms with E-state index in [0.29, 0.717) is 0 Å². The van der Waals surface area contributed by atoms with Gasteiger partial charge in [0.25, 0.3) is 0 Å². The van der Waals surface area contributed by atoms with Crippen LogP contribution in [0.4, 0.5) is 23.2 Å². The molecular weight excluding hydrogens is 342 g/mol. The highest BCUT2D eigenvalue weighted by atomic mass is 19.4. The van der Waals surface area contributed by atoms with Gasteiger partial charge in [-0.25, -0.2) is 9.07 Å². The highest BCUT2D eigenvalue weighted by molar-refractivity contribution is 5.52. The zero-order valence-electron chi connectivity index (χ0n) is 14.1. The third-order valence-electron chi connectivity index (χ3n) is 3.23. The van der Waals surface area contributed by atoms with Crippen molar-refractivity contribution in [2.24, 2.45) is 0 Å². The van der Waals surface area contributed by atoms with Crippen LogP contribution in [0.15, 0.2) is 24.7 Å². The molecule has 2 N–H and O–H groups in total. The maximum Gasteiger partial charge on any atom is 0.437 e. The Labute approximate surface area is 142 Å². The molecule has 1 unspecified atom stereocenters. The summed E-state index contributed by atoms with van der Waals surface area (Å²) in [6.45, 7) is 5.28. The van der Waals surface area contributed by atoms with Crippen molar-refractivity contribution < 1.29 is 22.7 Å². The van der Waals surface area contributed by atoms with E-state index in [2.05, 4.69) is 15.4 Å². The molecule has 2 aromatic heterocycles. The van der Waals surface area contributed by atoms with Gasteiger partial charge in [0.2, 0.25) is 0 Å². The zero-order chi connectivity index (χ0) is 19.0. The lowest BCUT2D eigenvalue weighted by Gasteiger charge is -2.32. The van der Waals surface area contributed by atoms with Crippen LogP contribution in [0.1, 0.15) is 26.5 Å². The number of nitrogens with one attached hydrogen (secondary N) is 1. The van der Waals surface area contributed by atoms with Crippen molar-refractivity contribution in [1.29, 1.82) is 0 Å². The molecule has 0 aliphatic heterocycles. The van der Waals surface area contributed by atoms with Gasteiger partial charge in [-0.05, 0) is 20.8 Å². The van der Waals surface area contributed by atoms with E-state index < -0.39 is 29.6 Å². The fraction of sp³-hybridized carbons (Fsp3) is 0.467. The molecule has 1 atom stereocenters. The Bertz CT molecular complexity index is 738. The highest BCUT2D eigenvalue weighted by Gasteiger charge is 2.39. The number of rotatable bonds is 4.